The van der Waals surface area contributed by atoms with E-state index >= 15 is 0 Å². The van der Waals surface area contributed by atoms with Crippen molar-refractivity contribution in [2.45, 2.75) is 52.2 Å². The maximum absolute atomic E-state index is 4.50. The number of hydrogen-bond donors (Lipinski definition) is 1. The van der Waals surface area contributed by atoms with Crippen LogP contribution >= 0.6 is 0 Å². The minimum Gasteiger partial charge on any atom is -0.368 e. The lowest BCUT2D eigenvalue weighted by Gasteiger charge is -2.39. The number of pyridine rings is 1. The van der Waals surface area contributed by atoms with Crippen LogP contribution in [0.25, 0.3) is 0 Å². The predicted octanol–water partition coefficient (Wildman–Crippen LogP) is 2.17. The molecule has 116 valence electrons. The second-order valence-electron chi connectivity index (χ2n) is 6.77. The van der Waals surface area contributed by atoms with Crippen LogP contribution in [0.5, 0.6) is 0 Å². The molecule has 1 aromatic rings. The molecule has 3 heterocycles. The van der Waals surface area contributed by atoms with Gasteiger partial charge in [-0.3, -0.25) is 9.88 Å². The summed E-state index contributed by atoms with van der Waals surface area (Å²) in [6, 6.07) is 3.53. The van der Waals surface area contributed by atoms with Crippen LogP contribution in [0, 0.1) is 6.92 Å². The third kappa shape index (κ3) is 3.38. The van der Waals surface area contributed by atoms with E-state index in [-0.39, 0.29) is 0 Å². The molecular formula is C17H28N4. The van der Waals surface area contributed by atoms with Gasteiger partial charge in [-0.15, -0.1) is 0 Å². The highest BCUT2D eigenvalue weighted by molar-refractivity contribution is 5.54. The Hall–Kier alpha value is -1.13. The monoisotopic (exact) mass is 288 g/mol. The number of rotatable bonds is 4. The highest BCUT2D eigenvalue weighted by atomic mass is 15.3. The molecule has 1 aromatic heterocycles. The van der Waals surface area contributed by atoms with Gasteiger partial charge in [0.1, 0.15) is 0 Å². The van der Waals surface area contributed by atoms with Gasteiger partial charge in [-0.1, -0.05) is 13.8 Å². The largest absolute Gasteiger partial charge is 0.368 e. The molecule has 0 aromatic carbocycles. The van der Waals surface area contributed by atoms with Crippen molar-refractivity contribution in [3.05, 3.63) is 23.5 Å². The minimum absolute atomic E-state index is 0.505. The fourth-order valence-electron chi connectivity index (χ4n) is 3.53. The molecule has 2 saturated heterocycles. The van der Waals surface area contributed by atoms with Crippen LogP contribution in [0.2, 0.25) is 0 Å². The number of nitrogens with one attached hydrogen (secondary N) is 1. The molecule has 21 heavy (non-hydrogen) atoms. The van der Waals surface area contributed by atoms with E-state index < -0.39 is 0 Å². The molecule has 2 aliphatic rings. The fourth-order valence-corrected chi connectivity index (χ4v) is 3.53. The number of aryl methyl sites for hydroxylation is 1. The molecule has 1 N–H and O–H groups in total. The lowest BCUT2D eigenvalue weighted by molar-refractivity contribution is 0.230. The highest BCUT2D eigenvalue weighted by Crippen LogP contribution is 2.28. The maximum atomic E-state index is 4.50. The summed E-state index contributed by atoms with van der Waals surface area (Å²) in [5.74, 6) is 0. The van der Waals surface area contributed by atoms with E-state index in [0.29, 0.717) is 6.04 Å². The summed E-state index contributed by atoms with van der Waals surface area (Å²) >= 11 is 0. The quantitative estimate of drug-likeness (QED) is 0.920. The molecular weight excluding hydrogens is 260 g/mol. The second-order valence-corrected chi connectivity index (χ2v) is 6.77. The molecule has 4 nitrogen and oxygen atoms in total. The first-order chi connectivity index (χ1) is 10.1. The van der Waals surface area contributed by atoms with E-state index in [1.165, 1.54) is 43.7 Å². The van der Waals surface area contributed by atoms with Crippen molar-refractivity contribution in [1.29, 1.82) is 0 Å². The minimum atomic E-state index is 0.505. The Bertz CT molecular complexity index is 486. The number of hydrogen-bond acceptors (Lipinski definition) is 4. The van der Waals surface area contributed by atoms with E-state index in [4.69, 9.17) is 0 Å². The van der Waals surface area contributed by atoms with E-state index in [2.05, 4.69) is 53.1 Å². The molecule has 0 aliphatic carbocycles. The first-order valence-corrected chi connectivity index (χ1v) is 8.31. The number of anilines is 1. The number of nitrogens with zero attached hydrogens (tertiary/aromatic N) is 3. The van der Waals surface area contributed by atoms with Gasteiger partial charge in [-0.05, 0) is 32.4 Å². The Morgan fingerprint density at radius 3 is 3.00 bits per heavy atom. The first-order valence-electron chi connectivity index (χ1n) is 8.31. The molecule has 0 bridgehead atoms. The van der Waals surface area contributed by atoms with E-state index in [1.807, 2.05) is 0 Å². The average molecular weight is 288 g/mol. The normalized spacial score (nSPS) is 22.9. The Balaban J connectivity index is 1.77. The number of aromatic nitrogens is 1. The first kappa shape index (κ1) is 14.8. The summed E-state index contributed by atoms with van der Waals surface area (Å²) < 4.78 is 0. The molecule has 0 spiro atoms. The zero-order chi connectivity index (χ0) is 14.8. The van der Waals surface area contributed by atoms with Crippen LogP contribution in [-0.4, -0.2) is 48.1 Å². The SMILES string of the molecule is Cc1cc(N2CCN3CCCC3C2)c(CNC(C)C)cn1. The molecule has 1 unspecified atom stereocenters. The van der Waals surface area contributed by atoms with Gasteiger partial charge in [0.05, 0.1) is 0 Å². The summed E-state index contributed by atoms with van der Waals surface area (Å²) in [5.41, 5.74) is 3.84. The number of piperazine rings is 1. The Morgan fingerprint density at radius 2 is 2.19 bits per heavy atom. The van der Waals surface area contributed by atoms with Crippen molar-refractivity contribution in [3.8, 4) is 0 Å². The third-order valence-electron chi connectivity index (χ3n) is 4.73. The fraction of sp³-hybridized carbons (Fsp3) is 0.706. The van der Waals surface area contributed by atoms with Gasteiger partial charge < -0.3 is 10.2 Å². The van der Waals surface area contributed by atoms with Crippen molar-refractivity contribution in [2.24, 2.45) is 0 Å². The Kier molecular flexibility index (Phi) is 4.45. The standard InChI is InChI=1S/C17H28N4/c1-13(2)18-10-15-11-19-14(3)9-17(15)21-8-7-20-6-4-5-16(20)12-21/h9,11,13,16,18H,4-8,10,12H2,1-3H3. The van der Waals surface area contributed by atoms with Crippen LogP contribution in [0.1, 0.15) is 37.9 Å². The molecule has 0 radical (unpaired) electrons. The average Bonchev–Trinajstić information content (AvgIpc) is 2.93. The molecule has 3 rings (SSSR count). The van der Waals surface area contributed by atoms with E-state index in [9.17, 15) is 0 Å². The van der Waals surface area contributed by atoms with Crippen LogP contribution in [0.4, 0.5) is 5.69 Å². The molecule has 0 saturated carbocycles. The van der Waals surface area contributed by atoms with Crippen molar-refractivity contribution < 1.29 is 0 Å². The highest BCUT2D eigenvalue weighted by Gasteiger charge is 2.31. The lowest BCUT2D eigenvalue weighted by Crippen LogP contribution is -2.50. The van der Waals surface area contributed by atoms with Crippen molar-refractivity contribution in [3.63, 3.8) is 0 Å². The maximum Gasteiger partial charge on any atom is 0.0446 e. The van der Waals surface area contributed by atoms with Crippen molar-refractivity contribution in [1.82, 2.24) is 15.2 Å². The van der Waals surface area contributed by atoms with Crippen LogP contribution in [0.3, 0.4) is 0 Å². The van der Waals surface area contributed by atoms with Crippen LogP contribution in [0.15, 0.2) is 12.3 Å². The van der Waals surface area contributed by atoms with Gasteiger partial charge in [0.15, 0.2) is 0 Å². The van der Waals surface area contributed by atoms with Gasteiger partial charge in [0, 0.05) is 61.4 Å². The second kappa shape index (κ2) is 6.32. The molecule has 2 fully saturated rings. The van der Waals surface area contributed by atoms with Gasteiger partial charge in [-0.2, -0.15) is 0 Å². The Labute approximate surface area is 128 Å². The van der Waals surface area contributed by atoms with Gasteiger partial charge in [0.25, 0.3) is 0 Å². The van der Waals surface area contributed by atoms with Crippen LogP contribution < -0.4 is 10.2 Å². The topological polar surface area (TPSA) is 31.4 Å². The predicted molar refractivity (Wildman–Crippen MR) is 87.8 cm³/mol. The zero-order valence-corrected chi connectivity index (χ0v) is 13.6. The van der Waals surface area contributed by atoms with E-state index in [1.54, 1.807) is 0 Å². The van der Waals surface area contributed by atoms with Crippen molar-refractivity contribution >= 4 is 5.69 Å². The zero-order valence-electron chi connectivity index (χ0n) is 13.6. The summed E-state index contributed by atoms with van der Waals surface area (Å²) in [6.07, 6.45) is 4.79. The summed E-state index contributed by atoms with van der Waals surface area (Å²) in [6.45, 7) is 12.2. The van der Waals surface area contributed by atoms with Crippen molar-refractivity contribution in [2.75, 3.05) is 31.1 Å². The van der Waals surface area contributed by atoms with Crippen LogP contribution in [-0.2, 0) is 6.54 Å². The van der Waals surface area contributed by atoms with E-state index in [0.717, 1.165) is 24.8 Å². The molecule has 2 aliphatic heterocycles. The summed E-state index contributed by atoms with van der Waals surface area (Å²) in [4.78, 5) is 9.75. The Morgan fingerprint density at radius 1 is 1.33 bits per heavy atom. The number of fused-ring (bicyclic) bond motifs is 1. The van der Waals surface area contributed by atoms with Gasteiger partial charge >= 0.3 is 0 Å². The van der Waals surface area contributed by atoms with Gasteiger partial charge in [-0.25, -0.2) is 0 Å². The third-order valence-corrected chi connectivity index (χ3v) is 4.73. The van der Waals surface area contributed by atoms with Gasteiger partial charge in [0.2, 0.25) is 0 Å². The molecule has 4 heteroatoms. The summed E-state index contributed by atoms with van der Waals surface area (Å²) in [5, 5.41) is 3.53. The molecule has 0 amide bonds. The smallest absolute Gasteiger partial charge is 0.0446 e. The lowest BCUT2D eigenvalue weighted by atomic mass is 10.1. The summed E-state index contributed by atoms with van der Waals surface area (Å²) in [7, 11) is 0. The molecule has 1 atom stereocenters.